The van der Waals surface area contributed by atoms with Gasteiger partial charge in [-0.1, -0.05) is 18.1 Å². The summed E-state index contributed by atoms with van der Waals surface area (Å²) < 4.78 is 24.9. The number of likely N-dealkylation sites (N-methyl/N-ethyl adjacent to an activating group) is 1. The molecule has 0 atom stereocenters. The fourth-order valence-corrected chi connectivity index (χ4v) is 2.88. The predicted molar refractivity (Wildman–Crippen MR) is 105 cm³/mol. The minimum absolute atomic E-state index is 0.178. The highest BCUT2D eigenvalue weighted by atomic mass is 32.2. The van der Waals surface area contributed by atoms with Crippen LogP contribution in [0.25, 0.3) is 0 Å². The van der Waals surface area contributed by atoms with Crippen LogP contribution in [0, 0.1) is 12.3 Å². The van der Waals surface area contributed by atoms with Crippen molar-refractivity contribution in [3.8, 4) is 12.3 Å². The summed E-state index contributed by atoms with van der Waals surface area (Å²) in [6.07, 6.45) is 6.35. The average Bonchev–Trinajstić information content (AvgIpc) is 2.59. The molecule has 2 N–H and O–H groups in total. The molecule has 0 bridgehead atoms. The smallest absolute Gasteiger partial charge is 0.254 e. The van der Waals surface area contributed by atoms with Gasteiger partial charge in [0.1, 0.15) is 0 Å². The Morgan fingerprint density at radius 3 is 2.44 bits per heavy atom. The Morgan fingerprint density at radius 1 is 1.11 bits per heavy atom. The molecule has 2 aromatic rings. The highest BCUT2D eigenvalue weighted by Gasteiger charge is 2.16. The van der Waals surface area contributed by atoms with Gasteiger partial charge in [0, 0.05) is 29.5 Å². The molecule has 0 saturated heterocycles. The van der Waals surface area contributed by atoms with E-state index in [2.05, 4.69) is 16.0 Å². The first-order valence-corrected chi connectivity index (χ1v) is 9.77. The molecule has 2 amide bonds. The third-order valence-electron chi connectivity index (χ3n) is 3.45. The molecule has 2 rings (SSSR count). The summed E-state index contributed by atoms with van der Waals surface area (Å²) in [7, 11) is -1.97. The van der Waals surface area contributed by atoms with Crippen LogP contribution in [0.2, 0.25) is 0 Å². The van der Waals surface area contributed by atoms with Crippen LogP contribution in [0.4, 0.5) is 11.4 Å². The zero-order valence-corrected chi connectivity index (χ0v) is 15.7. The zero-order chi connectivity index (χ0) is 20.0. The van der Waals surface area contributed by atoms with Crippen LogP contribution in [0.3, 0.4) is 0 Å². The summed E-state index contributed by atoms with van der Waals surface area (Å²) in [5, 5.41) is 2.68. The normalized spacial score (nSPS) is 10.6. The van der Waals surface area contributed by atoms with Crippen LogP contribution >= 0.6 is 0 Å². The Hall–Kier alpha value is -3.31. The molecule has 8 heteroatoms. The summed E-state index contributed by atoms with van der Waals surface area (Å²) in [6.45, 7) is -0.178. The van der Waals surface area contributed by atoms with Gasteiger partial charge in [-0.15, -0.1) is 6.42 Å². The molecule has 0 aliphatic heterocycles. The number of rotatable bonds is 6. The van der Waals surface area contributed by atoms with E-state index in [9.17, 15) is 18.0 Å². The zero-order valence-electron chi connectivity index (χ0n) is 14.9. The fourth-order valence-electron chi connectivity index (χ4n) is 2.32. The molecule has 0 aromatic heterocycles. The van der Waals surface area contributed by atoms with Gasteiger partial charge in [0.25, 0.3) is 5.91 Å². The Bertz CT molecular complexity index is 1010. The van der Waals surface area contributed by atoms with Gasteiger partial charge in [-0.3, -0.25) is 14.3 Å². The van der Waals surface area contributed by atoms with Gasteiger partial charge in [-0.2, -0.15) is 0 Å². The molecule has 2 aromatic carbocycles. The standard InChI is InChI=1S/C19H19N3O4S/c1-4-14-7-5-9-16(11-14)20-18(23)13-22(2)19(24)15-8-6-10-17(12-15)21-27(3,25)26/h1,5-12,21H,13H2,2-3H3,(H,20,23). The van der Waals surface area contributed by atoms with Gasteiger partial charge in [0.15, 0.2) is 0 Å². The van der Waals surface area contributed by atoms with E-state index in [1.165, 1.54) is 24.1 Å². The number of benzene rings is 2. The lowest BCUT2D eigenvalue weighted by Gasteiger charge is -2.17. The van der Waals surface area contributed by atoms with E-state index in [0.29, 0.717) is 11.3 Å². The summed E-state index contributed by atoms with van der Waals surface area (Å²) in [5.41, 5.74) is 1.70. The van der Waals surface area contributed by atoms with E-state index in [4.69, 9.17) is 6.42 Å². The summed E-state index contributed by atoms with van der Waals surface area (Å²) in [6, 6.07) is 12.8. The van der Waals surface area contributed by atoms with E-state index in [0.717, 1.165) is 6.26 Å². The van der Waals surface area contributed by atoms with Crippen LogP contribution in [0.15, 0.2) is 48.5 Å². The second-order valence-electron chi connectivity index (χ2n) is 5.89. The van der Waals surface area contributed by atoms with Crippen LogP contribution in [0.5, 0.6) is 0 Å². The highest BCUT2D eigenvalue weighted by Crippen LogP contribution is 2.14. The van der Waals surface area contributed by atoms with Crippen LogP contribution in [0.1, 0.15) is 15.9 Å². The van der Waals surface area contributed by atoms with Gasteiger partial charge in [-0.25, -0.2) is 8.42 Å². The molecule has 140 valence electrons. The van der Waals surface area contributed by atoms with Crippen molar-refractivity contribution in [2.24, 2.45) is 0 Å². The van der Waals surface area contributed by atoms with Gasteiger partial charge >= 0.3 is 0 Å². The van der Waals surface area contributed by atoms with Crippen molar-refractivity contribution in [2.75, 3.05) is 29.9 Å². The third kappa shape index (κ3) is 6.17. The number of amides is 2. The van der Waals surface area contributed by atoms with E-state index >= 15 is 0 Å². The first-order chi connectivity index (χ1) is 12.7. The average molecular weight is 385 g/mol. The lowest BCUT2D eigenvalue weighted by molar-refractivity contribution is -0.116. The number of nitrogens with one attached hydrogen (secondary N) is 2. The number of anilines is 2. The second kappa shape index (κ2) is 8.38. The summed E-state index contributed by atoms with van der Waals surface area (Å²) in [5.74, 6) is 1.68. The van der Waals surface area contributed by atoms with Gasteiger partial charge in [0.05, 0.1) is 12.8 Å². The van der Waals surface area contributed by atoms with E-state index in [1.54, 1.807) is 36.4 Å². The Morgan fingerprint density at radius 2 is 1.78 bits per heavy atom. The topological polar surface area (TPSA) is 95.6 Å². The highest BCUT2D eigenvalue weighted by molar-refractivity contribution is 7.92. The number of nitrogens with zero attached hydrogens (tertiary/aromatic N) is 1. The maximum Gasteiger partial charge on any atom is 0.254 e. The molecular formula is C19H19N3O4S. The van der Waals surface area contributed by atoms with Crippen molar-refractivity contribution >= 4 is 33.2 Å². The minimum Gasteiger partial charge on any atom is -0.332 e. The predicted octanol–water partition coefficient (Wildman–Crippen LogP) is 1.75. The second-order valence-corrected chi connectivity index (χ2v) is 7.64. The molecule has 0 saturated carbocycles. The number of sulfonamides is 1. The number of carbonyl (C=O) groups is 2. The molecule has 0 unspecified atom stereocenters. The van der Waals surface area contributed by atoms with Gasteiger partial charge in [0.2, 0.25) is 15.9 Å². The molecule has 0 heterocycles. The van der Waals surface area contributed by atoms with Crippen LogP contribution in [-0.2, 0) is 14.8 Å². The maximum absolute atomic E-state index is 12.5. The molecule has 0 spiro atoms. The minimum atomic E-state index is -3.45. The fraction of sp³-hybridized carbons (Fsp3) is 0.158. The first kappa shape index (κ1) is 20.0. The molecule has 0 fully saturated rings. The lowest BCUT2D eigenvalue weighted by Crippen LogP contribution is -2.35. The molecule has 0 aliphatic carbocycles. The Kier molecular flexibility index (Phi) is 6.21. The molecule has 0 aliphatic rings. The van der Waals surface area contributed by atoms with Crippen LogP contribution in [-0.4, -0.2) is 45.0 Å². The molecular weight excluding hydrogens is 366 g/mol. The molecule has 0 radical (unpaired) electrons. The van der Waals surface area contributed by atoms with Crippen LogP contribution < -0.4 is 10.0 Å². The van der Waals surface area contributed by atoms with Crippen molar-refractivity contribution in [1.29, 1.82) is 0 Å². The van der Waals surface area contributed by atoms with Crippen molar-refractivity contribution in [2.45, 2.75) is 0 Å². The quantitative estimate of drug-likeness (QED) is 0.741. The lowest BCUT2D eigenvalue weighted by atomic mass is 10.2. The number of carbonyl (C=O) groups excluding carboxylic acids is 2. The Labute approximate surface area is 158 Å². The monoisotopic (exact) mass is 385 g/mol. The van der Waals surface area contributed by atoms with E-state index < -0.39 is 15.9 Å². The number of terminal acetylenes is 1. The van der Waals surface area contributed by atoms with E-state index in [-0.39, 0.29) is 23.7 Å². The number of hydrogen-bond donors (Lipinski definition) is 2. The summed E-state index contributed by atoms with van der Waals surface area (Å²) >= 11 is 0. The maximum atomic E-state index is 12.5. The van der Waals surface area contributed by atoms with Crippen molar-refractivity contribution in [1.82, 2.24) is 4.90 Å². The van der Waals surface area contributed by atoms with Crippen molar-refractivity contribution in [3.63, 3.8) is 0 Å². The SMILES string of the molecule is C#Cc1cccc(NC(=O)CN(C)C(=O)c2cccc(NS(C)(=O)=O)c2)c1. The van der Waals surface area contributed by atoms with Gasteiger partial charge < -0.3 is 10.2 Å². The van der Waals surface area contributed by atoms with Gasteiger partial charge in [-0.05, 0) is 36.4 Å². The van der Waals surface area contributed by atoms with E-state index in [1.807, 2.05) is 0 Å². The third-order valence-corrected chi connectivity index (χ3v) is 4.06. The number of hydrogen-bond acceptors (Lipinski definition) is 4. The summed E-state index contributed by atoms with van der Waals surface area (Å²) in [4.78, 5) is 25.9. The van der Waals surface area contributed by atoms with Crippen molar-refractivity contribution in [3.05, 3.63) is 59.7 Å². The molecule has 27 heavy (non-hydrogen) atoms. The molecule has 7 nitrogen and oxygen atoms in total. The van der Waals surface area contributed by atoms with Crippen molar-refractivity contribution < 1.29 is 18.0 Å². The Balaban J connectivity index is 2.03. The first-order valence-electron chi connectivity index (χ1n) is 7.88. The largest absolute Gasteiger partial charge is 0.332 e.